The average molecular weight is 492 g/mol. The number of hydrogen-bond donors (Lipinski definition) is 0. The first-order valence-electron chi connectivity index (χ1n) is 10.7. The molecule has 0 spiro atoms. The second-order valence-electron chi connectivity index (χ2n) is 7.81. The molecule has 2 aromatic heterocycles. The zero-order valence-corrected chi connectivity index (χ0v) is 19.3. The number of piperazine rings is 1. The summed E-state index contributed by atoms with van der Waals surface area (Å²) in [5, 5.41) is 0.972. The van der Waals surface area contributed by atoms with E-state index in [1.54, 1.807) is 35.0 Å². The SMILES string of the molecule is Cn1ccnc1SCCc1ccc(OC(=O)N2CCN(c3ccc(C(F)(F)F)cn3)CC2)cc1. The summed E-state index contributed by atoms with van der Waals surface area (Å²) >= 11 is 1.68. The lowest BCUT2D eigenvalue weighted by atomic mass is 10.2. The van der Waals surface area contributed by atoms with Crippen molar-refractivity contribution in [2.45, 2.75) is 17.8 Å². The maximum absolute atomic E-state index is 12.7. The number of thioether (sulfide) groups is 1. The number of halogens is 3. The Hall–Kier alpha value is -3.21. The molecule has 0 N–H and O–H groups in total. The molecule has 3 aromatic rings. The molecule has 1 saturated heterocycles. The van der Waals surface area contributed by atoms with E-state index >= 15 is 0 Å². The van der Waals surface area contributed by atoms with Gasteiger partial charge in [-0.1, -0.05) is 23.9 Å². The lowest BCUT2D eigenvalue weighted by Gasteiger charge is -2.34. The summed E-state index contributed by atoms with van der Waals surface area (Å²) in [6, 6.07) is 9.81. The molecule has 1 aromatic carbocycles. The van der Waals surface area contributed by atoms with Crippen molar-refractivity contribution in [3.63, 3.8) is 0 Å². The quantitative estimate of drug-likeness (QED) is 0.474. The Labute approximate surface area is 199 Å². The first-order valence-corrected chi connectivity index (χ1v) is 11.7. The molecule has 1 fully saturated rings. The number of pyridine rings is 1. The van der Waals surface area contributed by atoms with Crippen molar-refractivity contribution in [2.75, 3.05) is 36.8 Å². The van der Waals surface area contributed by atoms with Crippen LogP contribution in [0.15, 0.2) is 60.1 Å². The van der Waals surface area contributed by atoms with Crippen LogP contribution in [0.25, 0.3) is 0 Å². The van der Waals surface area contributed by atoms with Gasteiger partial charge in [-0.15, -0.1) is 0 Å². The lowest BCUT2D eigenvalue weighted by Crippen LogP contribution is -2.49. The smallest absolute Gasteiger partial charge is 0.410 e. The molecule has 11 heteroatoms. The molecule has 0 aliphatic carbocycles. The van der Waals surface area contributed by atoms with E-state index in [9.17, 15) is 18.0 Å². The highest BCUT2D eigenvalue weighted by Gasteiger charge is 2.31. The Morgan fingerprint density at radius 1 is 1.06 bits per heavy atom. The zero-order chi connectivity index (χ0) is 24.1. The molecule has 0 unspecified atom stereocenters. The Bertz CT molecular complexity index is 1100. The summed E-state index contributed by atoms with van der Waals surface area (Å²) in [7, 11) is 1.96. The van der Waals surface area contributed by atoms with Gasteiger partial charge in [0.25, 0.3) is 0 Å². The number of hydrogen-bond acceptors (Lipinski definition) is 6. The van der Waals surface area contributed by atoms with Crippen LogP contribution >= 0.6 is 11.8 Å². The van der Waals surface area contributed by atoms with Crippen LogP contribution in [0.4, 0.5) is 23.8 Å². The molecule has 0 radical (unpaired) electrons. The molecule has 0 atom stereocenters. The number of carbonyl (C=O) groups excluding carboxylic acids is 1. The van der Waals surface area contributed by atoms with Crippen LogP contribution in [0.2, 0.25) is 0 Å². The number of benzene rings is 1. The number of rotatable bonds is 6. The number of ether oxygens (including phenoxy) is 1. The van der Waals surface area contributed by atoms with Gasteiger partial charge in [0, 0.05) is 57.6 Å². The van der Waals surface area contributed by atoms with E-state index in [-0.39, 0.29) is 0 Å². The summed E-state index contributed by atoms with van der Waals surface area (Å²) in [5.41, 5.74) is 0.357. The average Bonchev–Trinajstić information content (AvgIpc) is 3.24. The molecule has 0 bridgehead atoms. The molecule has 4 rings (SSSR count). The van der Waals surface area contributed by atoms with Crippen molar-refractivity contribution in [2.24, 2.45) is 7.05 Å². The first-order chi connectivity index (χ1) is 16.3. The zero-order valence-electron chi connectivity index (χ0n) is 18.5. The van der Waals surface area contributed by atoms with Gasteiger partial charge in [0.05, 0.1) is 5.56 Å². The summed E-state index contributed by atoms with van der Waals surface area (Å²) in [4.78, 5) is 24.2. The van der Waals surface area contributed by atoms with E-state index in [0.717, 1.165) is 35.2 Å². The molecule has 1 aliphatic heterocycles. The third-order valence-electron chi connectivity index (χ3n) is 5.46. The van der Waals surface area contributed by atoms with Crippen molar-refractivity contribution >= 4 is 23.7 Å². The van der Waals surface area contributed by atoms with Crippen LogP contribution in [-0.4, -0.2) is 57.5 Å². The van der Waals surface area contributed by atoms with E-state index in [4.69, 9.17) is 4.74 Å². The number of imidazole rings is 1. The van der Waals surface area contributed by atoms with E-state index in [0.29, 0.717) is 37.7 Å². The Balaban J connectivity index is 1.22. The molecule has 3 heterocycles. The minimum atomic E-state index is -4.41. The monoisotopic (exact) mass is 491 g/mol. The highest BCUT2D eigenvalue weighted by molar-refractivity contribution is 7.99. The van der Waals surface area contributed by atoms with Gasteiger partial charge in [-0.25, -0.2) is 14.8 Å². The largest absolute Gasteiger partial charge is 0.417 e. The van der Waals surface area contributed by atoms with Crippen molar-refractivity contribution < 1.29 is 22.7 Å². The Morgan fingerprint density at radius 3 is 2.38 bits per heavy atom. The van der Waals surface area contributed by atoms with E-state index in [1.165, 1.54) is 6.07 Å². The number of aromatic nitrogens is 3. The third kappa shape index (κ3) is 6.02. The van der Waals surface area contributed by atoms with Gasteiger partial charge in [0.15, 0.2) is 5.16 Å². The van der Waals surface area contributed by atoms with E-state index in [1.807, 2.05) is 34.8 Å². The van der Waals surface area contributed by atoms with Crippen LogP contribution in [0.3, 0.4) is 0 Å². The number of aryl methyl sites for hydroxylation is 2. The summed E-state index contributed by atoms with van der Waals surface area (Å²) in [6.45, 7) is 1.70. The minimum Gasteiger partial charge on any atom is -0.410 e. The predicted octanol–water partition coefficient (Wildman–Crippen LogP) is 4.49. The molecule has 1 amide bonds. The van der Waals surface area contributed by atoms with Gasteiger partial charge in [-0.3, -0.25) is 0 Å². The van der Waals surface area contributed by atoms with Gasteiger partial charge in [-0.05, 0) is 36.2 Å². The fourth-order valence-electron chi connectivity index (χ4n) is 3.50. The first kappa shape index (κ1) is 23.9. The fourth-order valence-corrected chi connectivity index (χ4v) is 4.42. The summed E-state index contributed by atoms with van der Waals surface area (Å²) in [6.07, 6.45) is 0.527. The van der Waals surface area contributed by atoms with Gasteiger partial charge in [0.1, 0.15) is 11.6 Å². The maximum Gasteiger partial charge on any atom is 0.417 e. The molecule has 180 valence electrons. The van der Waals surface area contributed by atoms with Gasteiger partial charge < -0.3 is 19.1 Å². The topological polar surface area (TPSA) is 63.5 Å². The molecular weight excluding hydrogens is 467 g/mol. The molecular formula is C23H24F3N5O2S. The number of amides is 1. The third-order valence-corrected chi connectivity index (χ3v) is 6.52. The van der Waals surface area contributed by atoms with Crippen LogP contribution in [0.5, 0.6) is 5.75 Å². The van der Waals surface area contributed by atoms with E-state index in [2.05, 4.69) is 9.97 Å². The predicted molar refractivity (Wildman–Crippen MR) is 123 cm³/mol. The maximum atomic E-state index is 12.7. The molecule has 7 nitrogen and oxygen atoms in total. The van der Waals surface area contributed by atoms with Crippen molar-refractivity contribution in [3.05, 3.63) is 66.1 Å². The standard InChI is InChI=1S/C23H24F3N5O2S/c1-29-10-9-27-21(29)34-15-8-17-2-5-19(6-3-17)33-22(32)31-13-11-30(12-14-31)20-7-4-18(16-28-20)23(24,25)26/h2-7,9-10,16H,8,11-15H2,1H3. The van der Waals surface area contributed by atoms with Crippen molar-refractivity contribution in [1.29, 1.82) is 0 Å². The number of anilines is 1. The van der Waals surface area contributed by atoms with Crippen LogP contribution in [0, 0.1) is 0 Å². The second kappa shape index (κ2) is 10.4. The van der Waals surface area contributed by atoms with E-state index < -0.39 is 17.8 Å². The number of nitrogens with zero attached hydrogens (tertiary/aromatic N) is 5. The van der Waals surface area contributed by atoms with Gasteiger partial charge in [0.2, 0.25) is 0 Å². The molecule has 1 aliphatic rings. The van der Waals surface area contributed by atoms with Crippen molar-refractivity contribution in [3.8, 4) is 5.75 Å². The molecule has 0 saturated carbocycles. The Morgan fingerprint density at radius 2 is 1.79 bits per heavy atom. The summed E-state index contributed by atoms with van der Waals surface area (Å²) in [5.74, 6) is 1.82. The van der Waals surface area contributed by atoms with Crippen molar-refractivity contribution in [1.82, 2.24) is 19.4 Å². The highest BCUT2D eigenvalue weighted by atomic mass is 32.2. The number of alkyl halides is 3. The van der Waals surface area contributed by atoms with Gasteiger partial charge in [-0.2, -0.15) is 13.2 Å². The van der Waals surface area contributed by atoms with Crippen LogP contribution in [0.1, 0.15) is 11.1 Å². The normalized spacial score (nSPS) is 14.4. The summed E-state index contributed by atoms with van der Waals surface area (Å²) < 4.78 is 45.6. The number of carbonyl (C=O) groups is 1. The van der Waals surface area contributed by atoms with Gasteiger partial charge >= 0.3 is 12.3 Å². The Kier molecular flexibility index (Phi) is 7.30. The van der Waals surface area contributed by atoms with Crippen LogP contribution in [-0.2, 0) is 19.6 Å². The van der Waals surface area contributed by atoms with Crippen LogP contribution < -0.4 is 9.64 Å². The second-order valence-corrected chi connectivity index (χ2v) is 8.87. The lowest BCUT2D eigenvalue weighted by molar-refractivity contribution is -0.137. The highest BCUT2D eigenvalue weighted by Crippen LogP contribution is 2.29. The minimum absolute atomic E-state index is 0.393. The fraction of sp³-hybridized carbons (Fsp3) is 0.348. The molecule has 34 heavy (non-hydrogen) atoms.